The van der Waals surface area contributed by atoms with Crippen molar-refractivity contribution in [3.05, 3.63) is 0 Å². The summed E-state index contributed by atoms with van der Waals surface area (Å²) < 4.78 is 0. The molecule has 1 nitrogen and oxygen atoms in total. The summed E-state index contributed by atoms with van der Waals surface area (Å²) >= 11 is 0. The second-order valence-electron chi connectivity index (χ2n) is 5.38. The van der Waals surface area contributed by atoms with Gasteiger partial charge in [0.25, 0.3) is 0 Å². The maximum Gasteiger partial charge on any atom is 0.0542 e. The van der Waals surface area contributed by atoms with Crippen LogP contribution in [0.2, 0.25) is 0 Å². The van der Waals surface area contributed by atoms with Crippen LogP contribution in [0.25, 0.3) is 0 Å². The minimum Gasteiger partial charge on any atom is -0.393 e. The van der Waals surface area contributed by atoms with Gasteiger partial charge in [-0.15, -0.1) is 0 Å². The molecule has 0 rings (SSSR count). The normalized spacial score (nSPS) is 15.2. The minimum atomic E-state index is -0.0933. The zero-order chi connectivity index (χ0) is 9.78. The van der Waals surface area contributed by atoms with Crippen molar-refractivity contribution < 1.29 is 5.11 Å². The number of aliphatic hydroxyl groups is 1. The molecule has 0 heterocycles. The van der Waals surface area contributed by atoms with E-state index in [9.17, 15) is 5.11 Å². The van der Waals surface area contributed by atoms with Crippen molar-refractivity contribution in [1.82, 2.24) is 0 Å². The van der Waals surface area contributed by atoms with Gasteiger partial charge in [0.15, 0.2) is 0 Å². The number of hydrogen-bond acceptors (Lipinski definition) is 1. The number of rotatable bonds is 4. The Morgan fingerprint density at radius 3 is 2.00 bits per heavy atom. The molecule has 1 unspecified atom stereocenters. The fraction of sp³-hybridized carbons (Fsp3) is 1.00. The van der Waals surface area contributed by atoms with Crippen LogP contribution >= 0.6 is 0 Å². The van der Waals surface area contributed by atoms with E-state index in [0.29, 0.717) is 11.3 Å². The van der Waals surface area contributed by atoms with Crippen LogP contribution in [0.5, 0.6) is 0 Å². The summed E-state index contributed by atoms with van der Waals surface area (Å²) in [4.78, 5) is 0. The molecule has 0 amide bonds. The summed E-state index contributed by atoms with van der Waals surface area (Å²) in [6, 6.07) is 0. The Kier molecular flexibility index (Phi) is 4.84. The van der Waals surface area contributed by atoms with Gasteiger partial charge in [-0.3, -0.25) is 0 Å². The monoisotopic (exact) mass is 172 g/mol. The van der Waals surface area contributed by atoms with Gasteiger partial charge in [-0.25, -0.2) is 0 Å². The van der Waals surface area contributed by atoms with E-state index < -0.39 is 0 Å². The summed E-state index contributed by atoms with van der Waals surface area (Å²) in [5.41, 5.74) is 0.359. The molecule has 0 bridgehead atoms. The van der Waals surface area contributed by atoms with Crippen molar-refractivity contribution in [3.63, 3.8) is 0 Å². The van der Waals surface area contributed by atoms with E-state index in [-0.39, 0.29) is 6.10 Å². The van der Waals surface area contributed by atoms with Gasteiger partial charge in [0.2, 0.25) is 0 Å². The topological polar surface area (TPSA) is 20.2 Å². The van der Waals surface area contributed by atoms with Crippen molar-refractivity contribution >= 4 is 0 Å². The lowest BCUT2D eigenvalue weighted by molar-refractivity contribution is 0.123. The van der Waals surface area contributed by atoms with Gasteiger partial charge < -0.3 is 5.11 Å². The summed E-state index contributed by atoms with van der Waals surface area (Å²) in [5, 5.41) is 9.58. The van der Waals surface area contributed by atoms with E-state index in [1.165, 1.54) is 0 Å². The third kappa shape index (κ3) is 8.06. The zero-order valence-electron chi connectivity index (χ0n) is 9.22. The predicted octanol–water partition coefficient (Wildman–Crippen LogP) is 3.22. The van der Waals surface area contributed by atoms with Crippen LogP contribution in [0.3, 0.4) is 0 Å². The van der Waals surface area contributed by atoms with Crippen molar-refractivity contribution in [2.24, 2.45) is 11.3 Å². The minimum absolute atomic E-state index is 0.0933. The largest absolute Gasteiger partial charge is 0.393 e. The molecule has 0 saturated carbocycles. The van der Waals surface area contributed by atoms with Crippen LogP contribution < -0.4 is 0 Å². The summed E-state index contributed by atoms with van der Waals surface area (Å²) in [6.45, 7) is 11.0. The van der Waals surface area contributed by atoms with Crippen molar-refractivity contribution in [2.45, 2.75) is 60.0 Å². The molecule has 0 aliphatic heterocycles. The Morgan fingerprint density at radius 2 is 1.67 bits per heavy atom. The molecule has 0 aromatic rings. The van der Waals surface area contributed by atoms with E-state index in [1.54, 1.807) is 0 Å². The highest BCUT2D eigenvalue weighted by Crippen LogP contribution is 2.23. The Labute approximate surface area is 77.2 Å². The first-order valence-electron chi connectivity index (χ1n) is 4.99. The van der Waals surface area contributed by atoms with E-state index in [1.807, 2.05) is 0 Å². The zero-order valence-corrected chi connectivity index (χ0v) is 9.22. The van der Waals surface area contributed by atoms with Gasteiger partial charge in [-0.05, 0) is 30.6 Å². The smallest absolute Gasteiger partial charge is 0.0542 e. The van der Waals surface area contributed by atoms with Crippen LogP contribution in [-0.4, -0.2) is 11.2 Å². The molecule has 0 radical (unpaired) electrons. The van der Waals surface area contributed by atoms with Crippen LogP contribution in [0, 0.1) is 11.3 Å². The predicted molar refractivity (Wildman–Crippen MR) is 54.2 cm³/mol. The van der Waals surface area contributed by atoms with Crippen molar-refractivity contribution in [2.75, 3.05) is 0 Å². The van der Waals surface area contributed by atoms with Gasteiger partial charge >= 0.3 is 0 Å². The quantitative estimate of drug-likeness (QED) is 0.690. The molecule has 1 atom stereocenters. The van der Waals surface area contributed by atoms with Crippen LogP contribution in [0.4, 0.5) is 0 Å². The van der Waals surface area contributed by atoms with Gasteiger partial charge in [0, 0.05) is 0 Å². The maximum atomic E-state index is 9.58. The van der Waals surface area contributed by atoms with E-state index in [2.05, 4.69) is 34.6 Å². The Bertz CT molecular complexity index is 111. The molecule has 12 heavy (non-hydrogen) atoms. The Morgan fingerprint density at radius 1 is 1.17 bits per heavy atom. The molecule has 74 valence electrons. The number of hydrogen-bond donors (Lipinski definition) is 1. The lowest BCUT2D eigenvalue weighted by Gasteiger charge is -2.21. The Hall–Kier alpha value is -0.0400. The van der Waals surface area contributed by atoms with Gasteiger partial charge in [-0.2, -0.15) is 0 Å². The van der Waals surface area contributed by atoms with Crippen LogP contribution in [-0.2, 0) is 0 Å². The first-order valence-corrected chi connectivity index (χ1v) is 4.99. The third-order valence-electron chi connectivity index (χ3n) is 1.97. The third-order valence-corrected chi connectivity index (χ3v) is 1.97. The summed E-state index contributed by atoms with van der Waals surface area (Å²) in [6.07, 6.45) is 2.91. The van der Waals surface area contributed by atoms with E-state index in [4.69, 9.17) is 0 Å². The second kappa shape index (κ2) is 4.86. The molecule has 0 spiro atoms. The highest BCUT2D eigenvalue weighted by atomic mass is 16.3. The van der Waals surface area contributed by atoms with Crippen molar-refractivity contribution in [1.29, 1.82) is 0 Å². The molecule has 0 aromatic heterocycles. The highest BCUT2D eigenvalue weighted by molar-refractivity contribution is 4.66. The molecule has 1 N–H and O–H groups in total. The Balaban J connectivity index is 3.51. The van der Waals surface area contributed by atoms with E-state index >= 15 is 0 Å². The molecule has 0 aromatic carbocycles. The van der Waals surface area contributed by atoms with Crippen LogP contribution in [0.1, 0.15) is 53.9 Å². The molecule has 1 heteroatoms. The molecule has 0 saturated heterocycles. The fourth-order valence-electron chi connectivity index (χ4n) is 1.26. The van der Waals surface area contributed by atoms with Crippen LogP contribution in [0.15, 0.2) is 0 Å². The average molecular weight is 172 g/mol. The highest BCUT2D eigenvalue weighted by Gasteiger charge is 2.13. The first-order chi connectivity index (χ1) is 5.31. The van der Waals surface area contributed by atoms with E-state index in [0.717, 1.165) is 19.3 Å². The van der Waals surface area contributed by atoms with Crippen molar-refractivity contribution in [3.8, 4) is 0 Å². The van der Waals surface area contributed by atoms with Gasteiger partial charge in [-0.1, -0.05) is 34.6 Å². The lowest BCUT2D eigenvalue weighted by Crippen LogP contribution is -2.14. The second-order valence-corrected chi connectivity index (χ2v) is 5.38. The maximum absolute atomic E-state index is 9.58. The molecular formula is C11H24O. The molecular weight excluding hydrogens is 148 g/mol. The molecule has 0 aliphatic carbocycles. The van der Waals surface area contributed by atoms with Gasteiger partial charge in [0.05, 0.1) is 6.10 Å². The SMILES string of the molecule is CC(C)CC(O)CCC(C)(C)C. The fourth-order valence-corrected chi connectivity index (χ4v) is 1.26. The average Bonchev–Trinajstić information content (AvgIpc) is 1.80. The molecule has 0 aliphatic rings. The first kappa shape index (κ1) is 12.0. The molecule has 0 fully saturated rings. The van der Waals surface area contributed by atoms with Gasteiger partial charge in [0.1, 0.15) is 0 Å². The lowest BCUT2D eigenvalue weighted by atomic mass is 9.88. The number of aliphatic hydroxyl groups excluding tert-OH is 1. The summed E-state index contributed by atoms with van der Waals surface area (Å²) in [5.74, 6) is 0.611. The standard InChI is InChI=1S/C11H24O/c1-9(2)8-10(12)6-7-11(3,4)5/h9-10,12H,6-8H2,1-5H3. The summed E-state index contributed by atoms with van der Waals surface area (Å²) in [7, 11) is 0.